The molecule has 0 fully saturated rings. The van der Waals surface area contributed by atoms with E-state index < -0.39 is 0 Å². The fourth-order valence-electron chi connectivity index (χ4n) is 1.68. The van der Waals surface area contributed by atoms with Gasteiger partial charge in [0.15, 0.2) is 0 Å². The van der Waals surface area contributed by atoms with E-state index in [1.165, 1.54) is 18.4 Å². The van der Waals surface area contributed by atoms with E-state index >= 15 is 0 Å². The van der Waals surface area contributed by atoms with E-state index in [1.807, 2.05) is 11.7 Å². The van der Waals surface area contributed by atoms with Gasteiger partial charge in [0.2, 0.25) is 0 Å². The third kappa shape index (κ3) is 4.47. The molecule has 0 aliphatic carbocycles. The van der Waals surface area contributed by atoms with E-state index in [0.29, 0.717) is 0 Å². The summed E-state index contributed by atoms with van der Waals surface area (Å²) in [5.74, 6) is 0.812. The van der Waals surface area contributed by atoms with E-state index in [9.17, 15) is 0 Å². The molecule has 1 aromatic rings. The predicted octanol–water partition coefficient (Wildman–Crippen LogP) is 2.25. The number of aromatic nitrogens is 2. The highest BCUT2D eigenvalue weighted by atomic mass is 15.2. The predicted molar refractivity (Wildman–Crippen MR) is 63.7 cm³/mol. The Kier molecular flexibility index (Phi) is 4.82. The van der Waals surface area contributed by atoms with Gasteiger partial charge in [-0.1, -0.05) is 13.8 Å². The minimum absolute atomic E-state index is 0.812. The quantitative estimate of drug-likeness (QED) is 0.728. The van der Waals surface area contributed by atoms with Gasteiger partial charge in [0.05, 0.1) is 5.69 Å². The highest BCUT2D eigenvalue weighted by Gasteiger charge is 2.01. The average Bonchev–Trinajstić information content (AvgIpc) is 2.44. The van der Waals surface area contributed by atoms with Crippen molar-refractivity contribution in [3.05, 3.63) is 17.5 Å². The van der Waals surface area contributed by atoms with Gasteiger partial charge in [0.1, 0.15) is 0 Å². The Morgan fingerprint density at radius 1 is 1.47 bits per heavy atom. The Bertz CT molecular complexity index is 289. The minimum atomic E-state index is 0.812. The molecule has 0 atom stereocenters. The van der Waals surface area contributed by atoms with Crippen LogP contribution in [0.15, 0.2) is 6.20 Å². The second-order valence-electron chi connectivity index (χ2n) is 4.63. The molecular formula is C12H23N3. The molecule has 0 spiro atoms. The molecular weight excluding hydrogens is 186 g/mol. The first-order valence-electron chi connectivity index (χ1n) is 5.79. The molecule has 0 unspecified atom stereocenters. The van der Waals surface area contributed by atoms with Crippen molar-refractivity contribution in [1.82, 2.24) is 15.1 Å². The molecule has 0 aliphatic rings. The molecule has 0 radical (unpaired) electrons. The summed E-state index contributed by atoms with van der Waals surface area (Å²) in [6.45, 7) is 8.64. The molecule has 3 heteroatoms. The molecule has 1 heterocycles. The summed E-state index contributed by atoms with van der Waals surface area (Å²) in [5.41, 5.74) is 2.44. The topological polar surface area (TPSA) is 29.9 Å². The Morgan fingerprint density at radius 2 is 2.20 bits per heavy atom. The molecule has 0 bridgehead atoms. The van der Waals surface area contributed by atoms with Crippen molar-refractivity contribution in [2.24, 2.45) is 13.0 Å². The van der Waals surface area contributed by atoms with Gasteiger partial charge in [-0.3, -0.25) is 4.68 Å². The number of nitrogens with one attached hydrogen (secondary N) is 1. The van der Waals surface area contributed by atoms with E-state index in [2.05, 4.69) is 37.4 Å². The smallest absolute Gasteiger partial charge is 0.0638 e. The maximum absolute atomic E-state index is 4.31. The number of nitrogens with zero attached hydrogens (tertiary/aromatic N) is 2. The molecule has 0 saturated carbocycles. The van der Waals surface area contributed by atoms with Crippen LogP contribution < -0.4 is 5.32 Å². The fourth-order valence-corrected chi connectivity index (χ4v) is 1.68. The zero-order valence-electron chi connectivity index (χ0n) is 10.4. The second-order valence-corrected chi connectivity index (χ2v) is 4.63. The normalized spacial score (nSPS) is 11.3. The lowest BCUT2D eigenvalue weighted by atomic mass is 10.1. The van der Waals surface area contributed by atoms with Crippen LogP contribution in [0, 0.1) is 12.8 Å². The Balaban J connectivity index is 2.17. The molecule has 0 aliphatic heterocycles. The van der Waals surface area contributed by atoms with E-state index in [-0.39, 0.29) is 0 Å². The molecule has 1 N–H and O–H groups in total. The minimum Gasteiger partial charge on any atom is -0.313 e. The van der Waals surface area contributed by atoms with Gasteiger partial charge >= 0.3 is 0 Å². The average molecular weight is 209 g/mol. The van der Waals surface area contributed by atoms with Crippen molar-refractivity contribution in [3.8, 4) is 0 Å². The Morgan fingerprint density at radius 3 is 2.73 bits per heavy atom. The van der Waals surface area contributed by atoms with Crippen molar-refractivity contribution in [2.75, 3.05) is 6.54 Å². The third-order valence-electron chi connectivity index (χ3n) is 2.57. The SMILES string of the molecule is Cc1nn(C)cc1CNCCCC(C)C. The molecule has 0 saturated heterocycles. The standard InChI is InChI=1S/C12H23N3/c1-10(2)6-5-7-13-8-12-9-15(4)14-11(12)3/h9-10,13H,5-8H2,1-4H3. The number of hydrogen-bond donors (Lipinski definition) is 1. The Hall–Kier alpha value is -0.830. The second kappa shape index (κ2) is 5.91. The van der Waals surface area contributed by atoms with E-state index in [1.54, 1.807) is 0 Å². The van der Waals surface area contributed by atoms with Crippen LogP contribution >= 0.6 is 0 Å². The van der Waals surface area contributed by atoms with Crippen LogP contribution in [0.1, 0.15) is 37.9 Å². The molecule has 0 amide bonds. The van der Waals surface area contributed by atoms with Crippen LogP contribution in [0.5, 0.6) is 0 Å². The van der Waals surface area contributed by atoms with Crippen molar-refractivity contribution >= 4 is 0 Å². The third-order valence-corrected chi connectivity index (χ3v) is 2.57. The summed E-state index contributed by atoms with van der Waals surface area (Å²) >= 11 is 0. The molecule has 0 aromatic carbocycles. The van der Waals surface area contributed by atoms with Gasteiger partial charge in [0.25, 0.3) is 0 Å². The van der Waals surface area contributed by atoms with Crippen LogP contribution in [-0.2, 0) is 13.6 Å². The molecule has 3 nitrogen and oxygen atoms in total. The van der Waals surface area contributed by atoms with E-state index in [4.69, 9.17) is 0 Å². The maximum atomic E-state index is 4.31. The van der Waals surface area contributed by atoms with Crippen LogP contribution in [0.25, 0.3) is 0 Å². The maximum Gasteiger partial charge on any atom is 0.0638 e. The monoisotopic (exact) mass is 209 g/mol. The first kappa shape index (κ1) is 12.2. The summed E-state index contributed by atoms with van der Waals surface area (Å²) in [7, 11) is 1.97. The van der Waals surface area contributed by atoms with Crippen LogP contribution in [0.4, 0.5) is 0 Å². The molecule has 1 rings (SSSR count). The van der Waals surface area contributed by atoms with Gasteiger partial charge in [-0.25, -0.2) is 0 Å². The van der Waals surface area contributed by atoms with Crippen molar-refractivity contribution in [3.63, 3.8) is 0 Å². The van der Waals surface area contributed by atoms with Crippen LogP contribution in [-0.4, -0.2) is 16.3 Å². The molecule has 15 heavy (non-hydrogen) atoms. The first-order chi connectivity index (χ1) is 7.09. The summed E-state index contributed by atoms with van der Waals surface area (Å²) < 4.78 is 1.88. The number of hydrogen-bond acceptors (Lipinski definition) is 2. The Labute approximate surface area is 92.9 Å². The first-order valence-corrected chi connectivity index (χ1v) is 5.79. The van der Waals surface area contributed by atoms with E-state index in [0.717, 1.165) is 24.7 Å². The van der Waals surface area contributed by atoms with Gasteiger partial charge in [-0.2, -0.15) is 5.10 Å². The highest BCUT2D eigenvalue weighted by molar-refractivity contribution is 5.14. The van der Waals surface area contributed by atoms with Crippen molar-refractivity contribution < 1.29 is 0 Å². The highest BCUT2D eigenvalue weighted by Crippen LogP contribution is 2.05. The van der Waals surface area contributed by atoms with Crippen LogP contribution in [0.3, 0.4) is 0 Å². The summed E-state index contributed by atoms with van der Waals surface area (Å²) in [6, 6.07) is 0. The van der Waals surface area contributed by atoms with Gasteiger partial charge in [-0.05, 0) is 32.2 Å². The van der Waals surface area contributed by atoms with Gasteiger partial charge < -0.3 is 5.32 Å². The number of rotatable bonds is 6. The fraction of sp³-hybridized carbons (Fsp3) is 0.750. The van der Waals surface area contributed by atoms with Gasteiger partial charge in [-0.15, -0.1) is 0 Å². The zero-order valence-corrected chi connectivity index (χ0v) is 10.4. The lowest BCUT2D eigenvalue weighted by Gasteiger charge is -2.05. The number of aryl methyl sites for hydroxylation is 2. The largest absolute Gasteiger partial charge is 0.313 e. The zero-order chi connectivity index (χ0) is 11.3. The summed E-state index contributed by atoms with van der Waals surface area (Å²) in [6.07, 6.45) is 4.65. The van der Waals surface area contributed by atoms with Crippen LogP contribution in [0.2, 0.25) is 0 Å². The van der Waals surface area contributed by atoms with Crippen molar-refractivity contribution in [2.45, 2.75) is 40.2 Å². The molecule has 1 aromatic heterocycles. The molecule has 86 valence electrons. The lowest BCUT2D eigenvalue weighted by Crippen LogP contribution is -2.15. The lowest BCUT2D eigenvalue weighted by molar-refractivity contribution is 0.527. The van der Waals surface area contributed by atoms with Crippen molar-refractivity contribution in [1.29, 1.82) is 0 Å². The van der Waals surface area contributed by atoms with Gasteiger partial charge in [0, 0.05) is 25.4 Å². The summed E-state index contributed by atoms with van der Waals surface area (Å²) in [4.78, 5) is 0. The summed E-state index contributed by atoms with van der Waals surface area (Å²) in [5, 5.41) is 7.77.